The first-order valence-corrected chi connectivity index (χ1v) is 7.31. The van der Waals surface area contributed by atoms with Crippen molar-refractivity contribution in [2.45, 2.75) is 38.5 Å². The Kier molecular flexibility index (Phi) is 5.43. The van der Waals surface area contributed by atoms with Crippen molar-refractivity contribution in [1.82, 2.24) is 4.90 Å². The molecule has 1 aromatic carbocycles. The zero-order valence-electron chi connectivity index (χ0n) is 11.8. The monoisotopic (exact) mass is 271 g/mol. The van der Waals surface area contributed by atoms with Crippen molar-refractivity contribution in [2.24, 2.45) is 0 Å². The molecule has 0 unspecified atom stereocenters. The van der Waals surface area contributed by atoms with Gasteiger partial charge in [-0.05, 0) is 30.5 Å². The molecular weight excluding hydrogens is 250 g/mol. The van der Waals surface area contributed by atoms with Crippen molar-refractivity contribution in [3.05, 3.63) is 29.8 Å². The highest BCUT2D eigenvalue weighted by molar-refractivity contribution is 5.89. The number of likely N-dealkylation sites (tertiary alicyclic amines) is 1. The number of hydrogen-bond acceptors (Lipinski definition) is 2. The normalized spacial score (nSPS) is 15.8. The van der Waals surface area contributed by atoms with Gasteiger partial charge in [-0.1, -0.05) is 31.4 Å². The third kappa shape index (κ3) is 4.27. The molecule has 1 heterocycles. The van der Waals surface area contributed by atoms with E-state index in [0.717, 1.165) is 37.2 Å². The molecule has 1 aromatic rings. The maximum atomic E-state index is 12.2. The summed E-state index contributed by atoms with van der Waals surface area (Å²) in [6.45, 7) is 1.69. The molecule has 20 heavy (non-hydrogen) atoms. The highest BCUT2D eigenvalue weighted by Gasteiger charge is 2.14. The maximum absolute atomic E-state index is 12.2. The summed E-state index contributed by atoms with van der Waals surface area (Å²) in [7, 11) is 0. The van der Waals surface area contributed by atoms with E-state index in [0.29, 0.717) is 6.42 Å². The van der Waals surface area contributed by atoms with Gasteiger partial charge in [-0.3, -0.25) is 0 Å². The van der Waals surface area contributed by atoms with Gasteiger partial charge in [0.05, 0.1) is 12.5 Å². The first kappa shape index (κ1) is 14.4. The molecule has 1 fully saturated rings. The summed E-state index contributed by atoms with van der Waals surface area (Å²) in [6, 6.07) is 9.57. The van der Waals surface area contributed by atoms with Crippen LogP contribution in [0.25, 0.3) is 0 Å². The van der Waals surface area contributed by atoms with E-state index in [-0.39, 0.29) is 6.03 Å². The lowest BCUT2D eigenvalue weighted by Crippen LogP contribution is -2.37. The maximum Gasteiger partial charge on any atom is 0.321 e. The van der Waals surface area contributed by atoms with Crippen LogP contribution in [0.5, 0.6) is 0 Å². The van der Waals surface area contributed by atoms with Crippen molar-refractivity contribution >= 4 is 11.7 Å². The predicted molar refractivity (Wildman–Crippen MR) is 79.4 cm³/mol. The van der Waals surface area contributed by atoms with Gasteiger partial charge in [0.15, 0.2) is 0 Å². The summed E-state index contributed by atoms with van der Waals surface area (Å²) in [5, 5.41) is 11.6. The van der Waals surface area contributed by atoms with Crippen LogP contribution in [0.3, 0.4) is 0 Å². The number of anilines is 1. The standard InChI is InChI=1S/C16H21N3O/c17-11-10-14-6-8-15(9-7-14)18-16(20)19-12-4-2-1-3-5-13-19/h6-9H,1-5,10,12-13H2,(H,18,20). The van der Waals surface area contributed by atoms with Crippen LogP contribution in [0.1, 0.15) is 37.7 Å². The Hall–Kier alpha value is -2.02. The van der Waals surface area contributed by atoms with E-state index in [4.69, 9.17) is 5.26 Å². The summed E-state index contributed by atoms with van der Waals surface area (Å²) in [6.07, 6.45) is 6.30. The molecule has 2 amide bonds. The highest BCUT2D eigenvalue weighted by atomic mass is 16.2. The van der Waals surface area contributed by atoms with E-state index in [1.807, 2.05) is 29.2 Å². The van der Waals surface area contributed by atoms with Gasteiger partial charge >= 0.3 is 6.03 Å². The molecule has 0 spiro atoms. The summed E-state index contributed by atoms with van der Waals surface area (Å²) in [5.74, 6) is 0. The summed E-state index contributed by atoms with van der Waals surface area (Å²) in [5.41, 5.74) is 1.76. The molecule has 1 N–H and O–H groups in total. The molecule has 4 nitrogen and oxygen atoms in total. The van der Waals surface area contributed by atoms with Gasteiger partial charge in [0, 0.05) is 18.8 Å². The van der Waals surface area contributed by atoms with Crippen molar-refractivity contribution in [3.63, 3.8) is 0 Å². The molecule has 0 radical (unpaired) electrons. The number of carbonyl (C=O) groups excluding carboxylic acids is 1. The summed E-state index contributed by atoms with van der Waals surface area (Å²) >= 11 is 0. The second-order valence-electron chi connectivity index (χ2n) is 5.22. The number of rotatable bonds is 2. The fraction of sp³-hybridized carbons (Fsp3) is 0.500. The van der Waals surface area contributed by atoms with Crippen molar-refractivity contribution in [1.29, 1.82) is 5.26 Å². The van der Waals surface area contributed by atoms with Gasteiger partial charge in [-0.25, -0.2) is 4.79 Å². The number of nitrogens with one attached hydrogen (secondary N) is 1. The Morgan fingerprint density at radius 1 is 1.10 bits per heavy atom. The zero-order valence-corrected chi connectivity index (χ0v) is 11.8. The third-order valence-corrected chi connectivity index (χ3v) is 3.63. The van der Waals surface area contributed by atoms with Gasteiger partial charge in [0.2, 0.25) is 0 Å². The van der Waals surface area contributed by atoms with Crippen LogP contribution >= 0.6 is 0 Å². The number of carbonyl (C=O) groups is 1. The number of amides is 2. The first-order valence-electron chi connectivity index (χ1n) is 7.31. The Morgan fingerprint density at radius 2 is 1.70 bits per heavy atom. The molecule has 106 valence electrons. The van der Waals surface area contributed by atoms with Crippen molar-refractivity contribution < 1.29 is 4.79 Å². The first-order chi connectivity index (χ1) is 9.79. The quantitative estimate of drug-likeness (QED) is 0.894. The fourth-order valence-electron chi connectivity index (χ4n) is 2.45. The van der Waals surface area contributed by atoms with E-state index in [1.54, 1.807) is 0 Å². The fourth-order valence-corrected chi connectivity index (χ4v) is 2.45. The van der Waals surface area contributed by atoms with Crippen LogP contribution in [0.2, 0.25) is 0 Å². The average molecular weight is 271 g/mol. The van der Waals surface area contributed by atoms with Gasteiger partial charge in [-0.15, -0.1) is 0 Å². The van der Waals surface area contributed by atoms with Gasteiger partial charge < -0.3 is 10.2 Å². The second-order valence-corrected chi connectivity index (χ2v) is 5.22. The Morgan fingerprint density at radius 3 is 2.30 bits per heavy atom. The molecule has 0 aliphatic carbocycles. The summed E-state index contributed by atoms with van der Waals surface area (Å²) in [4.78, 5) is 14.1. The topological polar surface area (TPSA) is 56.1 Å². The van der Waals surface area contributed by atoms with Gasteiger partial charge in [0.25, 0.3) is 0 Å². The molecule has 0 saturated carbocycles. The largest absolute Gasteiger partial charge is 0.325 e. The Bertz CT molecular complexity index is 467. The number of urea groups is 1. The molecule has 1 saturated heterocycles. The lowest BCUT2D eigenvalue weighted by Gasteiger charge is -2.25. The number of nitrogens with zero attached hydrogens (tertiary/aromatic N) is 2. The van der Waals surface area contributed by atoms with E-state index in [9.17, 15) is 4.79 Å². The number of hydrogen-bond donors (Lipinski definition) is 1. The molecule has 2 rings (SSSR count). The van der Waals surface area contributed by atoms with Crippen LogP contribution < -0.4 is 5.32 Å². The second kappa shape index (κ2) is 7.54. The molecule has 0 aromatic heterocycles. The van der Waals surface area contributed by atoms with E-state index in [2.05, 4.69) is 11.4 Å². The lowest BCUT2D eigenvalue weighted by molar-refractivity contribution is 0.206. The Balaban J connectivity index is 1.90. The lowest BCUT2D eigenvalue weighted by atomic mass is 10.1. The van der Waals surface area contributed by atoms with Crippen molar-refractivity contribution in [2.75, 3.05) is 18.4 Å². The van der Waals surface area contributed by atoms with Crippen LogP contribution in [0.4, 0.5) is 10.5 Å². The third-order valence-electron chi connectivity index (χ3n) is 3.63. The van der Waals surface area contributed by atoms with E-state index < -0.39 is 0 Å². The minimum Gasteiger partial charge on any atom is -0.325 e. The zero-order chi connectivity index (χ0) is 14.2. The van der Waals surface area contributed by atoms with Crippen LogP contribution in [-0.2, 0) is 6.42 Å². The van der Waals surface area contributed by atoms with Crippen LogP contribution in [-0.4, -0.2) is 24.0 Å². The average Bonchev–Trinajstić information content (AvgIpc) is 2.41. The van der Waals surface area contributed by atoms with E-state index in [1.165, 1.54) is 19.3 Å². The molecule has 1 aliphatic heterocycles. The minimum absolute atomic E-state index is 0.0140. The molecule has 0 atom stereocenters. The number of nitriles is 1. The van der Waals surface area contributed by atoms with Crippen molar-refractivity contribution in [3.8, 4) is 6.07 Å². The smallest absolute Gasteiger partial charge is 0.321 e. The number of benzene rings is 1. The molecule has 0 bridgehead atoms. The highest BCUT2D eigenvalue weighted by Crippen LogP contribution is 2.14. The van der Waals surface area contributed by atoms with Crippen LogP contribution in [0, 0.1) is 11.3 Å². The molecular formula is C16H21N3O. The predicted octanol–water partition coefficient (Wildman–Crippen LogP) is 3.55. The van der Waals surface area contributed by atoms with Gasteiger partial charge in [0.1, 0.15) is 0 Å². The van der Waals surface area contributed by atoms with Gasteiger partial charge in [-0.2, -0.15) is 5.26 Å². The Labute approximate surface area is 120 Å². The van der Waals surface area contributed by atoms with Crippen LogP contribution in [0.15, 0.2) is 24.3 Å². The van der Waals surface area contributed by atoms with E-state index >= 15 is 0 Å². The SMILES string of the molecule is N#CCc1ccc(NC(=O)N2CCCCCCC2)cc1. The molecule has 1 aliphatic rings. The summed E-state index contributed by atoms with van der Waals surface area (Å²) < 4.78 is 0. The minimum atomic E-state index is -0.0140. The molecule has 4 heteroatoms.